The van der Waals surface area contributed by atoms with Crippen LogP contribution in [-0.2, 0) is 11.3 Å². The zero-order valence-electron chi connectivity index (χ0n) is 18.4. The molecule has 3 rings (SSSR count). The van der Waals surface area contributed by atoms with Crippen molar-refractivity contribution in [1.82, 2.24) is 5.32 Å². The lowest BCUT2D eigenvalue weighted by atomic mass is 10.1. The molecule has 164 valence electrons. The van der Waals surface area contributed by atoms with Gasteiger partial charge in [-0.05, 0) is 56.8 Å². The first-order valence-electron chi connectivity index (χ1n) is 10.4. The number of nitrogens with one attached hydrogen (secondary N) is 2. The second-order valence-electron chi connectivity index (χ2n) is 8.29. The zero-order chi connectivity index (χ0) is 22.4. The van der Waals surface area contributed by atoms with Crippen LogP contribution >= 0.6 is 15.9 Å². The van der Waals surface area contributed by atoms with E-state index in [9.17, 15) is 4.79 Å². The van der Waals surface area contributed by atoms with E-state index in [4.69, 9.17) is 9.47 Å². The van der Waals surface area contributed by atoms with Gasteiger partial charge in [0, 0.05) is 27.6 Å². The maximum Gasteiger partial charge on any atom is 0.258 e. The summed E-state index contributed by atoms with van der Waals surface area (Å²) in [6.45, 7) is 8.77. The van der Waals surface area contributed by atoms with Gasteiger partial charge in [0.15, 0.2) is 18.1 Å². The zero-order valence-corrected chi connectivity index (χ0v) is 20.0. The number of fused-ring (bicyclic) bond motifs is 1. The van der Waals surface area contributed by atoms with E-state index in [2.05, 4.69) is 50.8 Å². The van der Waals surface area contributed by atoms with E-state index in [0.29, 0.717) is 24.7 Å². The summed E-state index contributed by atoms with van der Waals surface area (Å²) >= 11 is 3.64. The number of carbonyl (C=O) groups excluding carboxylic acids is 1. The first kappa shape index (κ1) is 22.9. The van der Waals surface area contributed by atoms with Gasteiger partial charge >= 0.3 is 0 Å². The molecule has 0 aliphatic carbocycles. The number of hydrogen-bond acceptors (Lipinski definition) is 4. The molecule has 0 spiro atoms. The maximum atomic E-state index is 12.1. The fourth-order valence-electron chi connectivity index (χ4n) is 3.26. The predicted octanol–water partition coefficient (Wildman–Crippen LogP) is 5.91. The topological polar surface area (TPSA) is 59.6 Å². The number of anilines is 1. The smallest absolute Gasteiger partial charge is 0.258 e. The molecule has 3 aromatic rings. The number of ether oxygens (including phenoxy) is 2. The Labute approximate surface area is 192 Å². The van der Waals surface area contributed by atoms with Crippen LogP contribution in [0.25, 0.3) is 10.8 Å². The van der Waals surface area contributed by atoms with E-state index in [0.717, 1.165) is 15.7 Å². The van der Waals surface area contributed by atoms with Crippen LogP contribution in [0.15, 0.2) is 59.1 Å². The number of amides is 1. The highest BCUT2D eigenvalue weighted by molar-refractivity contribution is 9.10. The Hall–Kier alpha value is -2.73. The number of halogens is 1. The molecule has 0 unspecified atom stereocenters. The summed E-state index contributed by atoms with van der Waals surface area (Å²) in [5, 5.41) is 8.78. The highest BCUT2D eigenvalue weighted by Crippen LogP contribution is 2.34. The SMILES string of the molecule is CCOc1cc(CNc2cccc3ccccc23)c(Br)cc1OCC(=O)NC(C)(C)C. The summed E-state index contributed by atoms with van der Waals surface area (Å²) in [4.78, 5) is 12.1. The summed E-state index contributed by atoms with van der Waals surface area (Å²) in [6, 6.07) is 18.3. The van der Waals surface area contributed by atoms with E-state index < -0.39 is 0 Å². The van der Waals surface area contributed by atoms with Gasteiger partial charge in [-0.25, -0.2) is 0 Å². The minimum Gasteiger partial charge on any atom is -0.490 e. The largest absolute Gasteiger partial charge is 0.490 e. The third kappa shape index (κ3) is 6.37. The van der Waals surface area contributed by atoms with E-state index in [1.54, 1.807) is 0 Å². The summed E-state index contributed by atoms with van der Waals surface area (Å²) in [5.74, 6) is 0.975. The Morgan fingerprint density at radius 1 is 1.00 bits per heavy atom. The molecule has 0 aliphatic heterocycles. The van der Waals surface area contributed by atoms with Gasteiger partial charge in [-0.1, -0.05) is 52.3 Å². The predicted molar refractivity (Wildman–Crippen MR) is 130 cm³/mol. The van der Waals surface area contributed by atoms with Gasteiger partial charge in [0.2, 0.25) is 0 Å². The molecular formula is C25H29BrN2O3. The molecule has 0 heterocycles. The van der Waals surface area contributed by atoms with Gasteiger partial charge in [-0.15, -0.1) is 0 Å². The van der Waals surface area contributed by atoms with Crippen molar-refractivity contribution in [3.8, 4) is 11.5 Å². The second kappa shape index (κ2) is 10.1. The molecule has 0 radical (unpaired) electrons. The highest BCUT2D eigenvalue weighted by Gasteiger charge is 2.16. The van der Waals surface area contributed by atoms with Crippen molar-refractivity contribution in [2.45, 2.75) is 39.8 Å². The molecule has 0 aliphatic rings. The van der Waals surface area contributed by atoms with Crippen molar-refractivity contribution in [3.63, 3.8) is 0 Å². The standard InChI is InChI=1S/C25H29BrN2O3/c1-5-30-22-13-18(15-27-21-12-8-10-17-9-6-7-11-19(17)21)20(26)14-23(22)31-16-24(29)28-25(2,3)4/h6-14,27H,5,15-16H2,1-4H3,(H,28,29). The molecule has 0 saturated heterocycles. The Kier molecular flexibility index (Phi) is 7.44. The first-order valence-corrected chi connectivity index (χ1v) is 11.2. The average Bonchev–Trinajstić information content (AvgIpc) is 2.71. The van der Waals surface area contributed by atoms with Crippen molar-refractivity contribution < 1.29 is 14.3 Å². The van der Waals surface area contributed by atoms with Crippen LogP contribution in [0.1, 0.15) is 33.3 Å². The van der Waals surface area contributed by atoms with Gasteiger partial charge in [-0.2, -0.15) is 0 Å². The Balaban J connectivity index is 1.75. The molecule has 0 bridgehead atoms. The Bertz CT molecular complexity index is 1060. The minimum absolute atomic E-state index is 0.0720. The van der Waals surface area contributed by atoms with Crippen LogP contribution in [0.3, 0.4) is 0 Å². The fourth-order valence-corrected chi connectivity index (χ4v) is 3.72. The molecule has 1 amide bonds. The third-order valence-electron chi connectivity index (χ3n) is 4.54. The molecule has 5 nitrogen and oxygen atoms in total. The Morgan fingerprint density at radius 2 is 1.71 bits per heavy atom. The van der Waals surface area contributed by atoms with Crippen molar-refractivity contribution in [2.24, 2.45) is 0 Å². The second-order valence-corrected chi connectivity index (χ2v) is 9.14. The molecule has 0 aromatic heterocycles. The molecule has 31 heavy (non-hydrogen) atoms. The lowest BCUT2D eigenvalue weighted by molar-refractivity contribution is -0.124. The summed E-state index contributed by atoms with van der Waals surface area (Å²) in [6.07, 6.45) is 0. The van der Waals surface area contributed by atoms with Crippen LogP contribution in [0.4, 0.5) is 5.69 Å². The summed E-state index contributed by atoms with van der Waals surface area (Å²) in [7, 11) is 0. The third-order valence-corrected chi connectivity index (χ3v) is 5.28. The molecular weight excluding hydrogens is 456 g/mol. The minimum atomic E-state index is -0.305. The van der Waals surface area contributed by atoms with Gasteiger partial charge in [0.05, 0.1) is 6.61 Å². The number of benzene rings is 3. The fraction of sp³-hybridized carbons (Fsp3) is 0.320. The molecule has 0 saturated carbocycles. The van der Waals surface area contributed by atoms with Crippen molar-refractivity contribution >= 4 is 38.3 Å². The van der Waals surface area contributed by atoms with Gasteiger partial charge < -0.3 is 20.1 Å². The molecule has 0 fully saturated rings. The Morgan fingerprint density at radius 3 is 2.45 bits per heavy atom. The van der Waals surface area contributed by atoms with Gasteiger partial charge in [0.25, 0.3) is 5.91 Å². The van der Waals surface area contributed by atoms with Crippen molar-refractivity contribution in [1.29, 1.82) is 0 Å². The number of hydrogen-bond donors (Lipinski definition) is 2. The number of carbonyl (C=O) groups is 1. The lowest BCUT2D eigenvalue weighted by Gasteiger charge is -2.21. The average molecular weight is 485 g/mol. The maximum absolute atomic E-state index is 12.1. The van der Waals surface area contributed by atoms with E-state index >= 15 is 0 Å². The molecule has 2 N–H and O–H groups in total. The van der Waals surface area contributed by atoms with E-state index in [1.165, 1.54) is 10.8 Å². The van der Waals surface area contributed by atoms with Crippen LogP contribution < -0.4 is 20.1 Å². The molecule has 6 heteroatoms. The van der Waals surface area contributed by atoms with Gasteiger partial charge in [-0.3, -0.25) is 4.79 Å². The van der Waals surface area contributed by atoms with Crippen molar-refractivity contribution in [2.75, 3.05) is 18.5 Å². The molecule has 3 aromatic carbocycles. The highest BCUT2D eigenvalue weighted by atomic mass is 79.9. The van der Waals surface area contributed by atoms with Gasteiger partial charge in [0.1, 0.15) is 0 Å². The number of rotatable bonds is 8. The van der Waals surface area contributed by atoms with E-state index in [-0.39, 0.29) is 18.1 Å². The van der Waals surface area contributed by atoms with Crippen LogP contribution in [-0.4, -0.2) is 24.7 Å². The monoisotopic (exact) mass is 484 g/mol. The van der Waals surface area contributed by atoms with Crippen LogP contribution in [0.5, 0.6) is 11.5 Å². The van der Waals surface area contributed by atoms with E-state index in [1.807, 2.05) is 58.0 Å². The first-order chi connectivity index (χ1) is 14.8. The van der Waals surface area contributed by atoms with Crippen LogP contribution in [0, 0.1) is 0 Å². The summed E-state index contributed by atoms with van der Waals surface area (Å²) < 4.78 is 12.4. The van der Waals surface area contributed by atoms with Crippen LogP contribution in [0.2, 0.25) is 0 Å². The van der Waals surface area contributed by atoms with Crippen molar-refractivity contribution in [3.05, 3.63) is 64.6 Å². The molecule has 0 atom stereocenters. The quantitative estimate of drug-likeness (QED) is 0.417. The lowest BCUT2D eigenvalue weighted by Crippen LogP contribution is -2.43. The summed E-state index contributed by atoms with van der Waals surface area (Å²) in [5.41, 5.74) is 1.80. The normalized spacial score (nSPS) is 11.3.